The van der Waals surface area contributed by atoms with Gasteiger partial charge in [0.25, 0.3) is 0 Å². The number of nitrogens with zero attached hydrogens (tertiary/aromatic N) is 4. The Labute approximate surface area is 173 Å². The first-order valence-corrected chi connectivity index (χ1v) is 9.94. The molecule has 2 N–H and O–H groups in total. The number of hydrogen-bond acceptors (Lipinski definition) is 4. The van der Waals surface area contributed by atoms with Crippen LogP contribution in [0.2, 0.25) is 0 Å². The number of guanidine groups is 1. The average molecular weight is 401 g/mol. The summed E-state index contributed by atoms with van der Waals surface area (Å²) in [4.78, 5) is 17.9. The van der Waals surface area contributed by atoms with Gasteiger partial charge in [-0.3, -0.25) is 4.79 Å². The molecule has 2 aromatic rings. The minimum atomic E-state index is -0.0475. The normalized spacial score (nSPS) is 12.5. The number of ether oxygens (including phenoxy) is 1. The minimum Gasteiger partial charge on any atom is -0.382 e. The molecule has 8 heteroatoms. The molecule has 0 aliphatic rings. The lowest BCUT2D eigenvalue weighted by Gasteiger charge is -2.20. The molecule has 8 nitrogen and oxygen atoms in total. The van der Waals surface area contributed by atoms with Crippen LogP contribution >= 0.6 is 0 Å². The van der Waals surface area contributed by atoms with Gasteiger partial charge in [0.05, 0.1) is 11.7 Å². The van der Waals surface area contributed by atoms with Crippen LogP contribution < -0.4 is 10.6 Å². The molecule has 0 aliphatic carbocycles. The van der Waals surface area contributed by atoms with Crippen LogP contribution in [0.1, 0.15) is 31.9 Å². The Hall–Kier alpha value is -2.87. The number of hydrogen-bond donors (Lipinski definition) is 2. The van der Waals surface area contributed by atoms with Gasteiger partial charge in [-0.2, -0.15) is 5.10 Å². The highest BCUT2D eigenvalue weighted by atomic mass is 16.5. The molecule has 29 heavy (non-hydrogen) atoms. The Morgan fingerprint density at radius 1 is 1.34 bits per heavy atom. The van der Waals surface area contributed by atoms with E-state index in [1.165, 1.54) is 4.90 Å². The molecule has 0 saturated carbocycles. The Balaban J connectivity index is 2.04. The van der Waals surface area contributed by atoms with Gasteiger partial charge >= 0.3 is 0 Å². The molecule has 1 atom stereocenters. The van der Waals surface area contributed by atoms with Crippen molar-refractivity contribution in [3.8, 4) is 5.69 Å². The standard InChI is InChI=1S/C21H32N6O2/c1-5-29-14-8-11-22-21(23-16-20(28)26(3)4)25-17(2)18-9-6-10-19(15-18)27-13-7-12-24-27/h6-7,9-10,12-13,15,17H,5,8,11,14,16H2,1-4H3,(H2,22,23,25). The first-order valence-electron chi connectivity index (χ1n) is 9.94. The average Bonchev–Trinajstić information content (AvgIpc) is 3.26. The van der Waals surface area contributed by atoms with Crippen LogP contribution in [0.4, 0.5) is 0 Å². The largest absolute Gasteiger partial charge is 0.382 e. The predicted molar refractivity (Wildman–Crippen MR) is 115 cm³/mol. The van der Waals surface area contributed by atoms with E-state index in [0.717, 1.165) is 17.7 Å². The van der Waals surface area contributed by atoms with Gasteiger partial charge in [0.1, 0.15) is 6.54 Å². The van der Waals surface area contributed by atoms with E-state index in [1.807, 2.05) is 36.0 Å². The summed E-state index contributed by atoms with van der Waals surface area (Å²) in [6.45, 7) is 6.24. The number of amides is 1. The van der Waals surface area contributed by atoms with Crippen molar-refractivity contribution in [1.29, 1.82) is 0 Å². The summed E-state index contributed by atoms with van der Waals surface area (Å²) in [5.41, 5.74) is 2.09. The summed E-state index contributed by atoms with van der Waals surface area (Å²) in [5.74, 6) is 0.558. The first-order chi connectivity index (χ1) is 14.0. The summed E-state index contributed by atoms with van der Waals surface area (Å²) in [5, 5.41) is 11.0. The van der Waals surface area contributed by atoms with E-state index < -0.39 is 0 Å². The third kappa shape index (κ3) is 7.57. The van der Waals surface area contributed by atoms with Gasteiger partial charge in [-0.1, -0.05) is 12.1 Å². The summed E-state index contributed by atoms with van der Waals surface area (Å²) in [6, 6.07) is 10.1. The third-order valence-electron chi connectivity index (χ3n) is 4.33. The smallest absolute Gasteiger partial charge is 0.243 e. The monoisotopic (exact) mass is 400 g/mol. The lowest BCUT2D eigenvalue weighted by Crippen LogP contribution is -2.40. The fraction of sp³-hybridized carbons (Fsp3) is 0.476. The molecule has 0 aliphatic heterocycles. The number of carbonyl (C=O) groups is 1. The van der Waals surface area contributed by atoms with Crippen LogP contribution in [0.5, 0.6) is 0 Å². The first kappa shape index (κ1) is 22.4. The lowest BCUT2D eigenvalue weighted by molar-refractivity contribution is -0.127. The Morgan fingerprint density at radius 2 is 2.17 bits per heavy atom. The fourth-order valence-electron chi connectivity index (χ4n) is 2.61. The second-order valence-corrected chi connectivity index (χ2v) is 6.84. The van der Waals surface area contributed by atoms with Gasteiger partial charge in [-0.15, -0.1) is 0 Å². The van der Waals surface area contributed by atoms with E-state index in [2.05, 4.69) is 39.8 Å². The molecule has 0 bridgehead atoms. The fourth-order valence-corrected chi connectivity index (χ4v) is 2.61. The summed E-state index contributed by atoms with van der Waals surface area (Å²) >= 11 is 0. The van der Waals surface area contributed by atoms with E-state index in [0.29, 0.717) is 25.7 Å². The molecular weight excluding hydrogens is 368 g/mol. The van der Waals surface area contributed by atoms with Gasteiger partial charge < -0.3 is 20.3 Å². The van der Waals surface area contributed by atoms with Gasteiger partial charge in [0.15, 0.2) is 5.96 Å². The maximum atomic E-state index is 11.9. The highest BCUT2D eigenvalue weighted by Crippen LogP contribution is 2.16. The number of carbonyl (C=O) groups excluding carboxylic acids is 1. The molecule has 0 fully saturated rings. The van der Waals surface area contributed by atoms with E-state index in [9.17, 15) is 4.79 Å². The van der Waals surface area contributed by atoms with E-state index in [1.54, 1.807) is 20.3 Å². The van der Waals surface area contributed by atoms with Gasteiger partial charge in [-0.25, -0.2) is 9.67 Å². The molecule has 1 amide bonds. The van der Waals surface area contributed by atoms with Crippen molar-refractivity contribution < 1.29 is 9.53 Å². The lowest BCUT2D eigenvalue weighted by atomic mass is 10.1. The molecule has 1 heterocycles. The number of benzene rings is 1. The molecular formula is C21H32N6O2. The third-order valence-corrected chi connectivity index (χ3v) is 4.33. The van der Waals surface area contributed by atoms with Gasteiger partial charge in [0, 0.05) is 46.2 Å². The molecule has 2 rings (SSSR count). The topological polar surface area (TPSA) is 83.8 Å². The van der Waals surface area contributed by atoms with Crippen LogP contribution in [0.15, 0.2) is 47.7 Å². The maximum Gasteiger partial charge on any atom is 0.243 e. The second kappa shape index (κ2) is 11.9. The minimum absolute atomic E-state index is 0.00175. The highest BCUT2D eigenvalue weighted by molar-refractivity contribution is 5.85. The predicted octanol–water partition coefficient (Wildman–Crippen LogP) is 1.98. The molecule has 0 radical (unpaired) electrons. The van der Waals surface area contributed by atoms with E-state index >= 15 is 0 Å². The van der Waals surface area contributed by atoms with Crippen molar-refractivity contribution in [2.24, 2.45) is 4.99 Å². The zero-order chi connectivity index (χ0) is 21.1. The summed E-state index contributed by atoms with van der Waals surface area (Å²) in [7, 11) is 3.45. The molecule has 0 spiro atoms. The molecule has 1 unspecified atom stereocenters. The van der Waals surface area contributed by atoms with Crippen molar-refractivity contribution in [2.45, 2.75) is 26.3 Å². The highest BCUT2D eigenvalue weighted by Gasteiger charge is 2.11. The molecule has 1 aromatic carbocycles. The Bertz CT molecular complexity index is 773. The number of nitrogens with one attached hydrogen (secondary N) is 2. The van der Waals surface area contributed by atoms with Gasteiger partial charge in [-0.05, 0) is 44.0 Å². The summed E-state index contributed by atoms with van der Waals surface area (Å²) < 4.78 is 7.20. The van der Waals surface area contributed by atoms with Crippen molar-refractivity contribution in [3.05, 3.63) is 48.3 Å². The molecule has 158 valence electrons. The van der Waals surface area contributed by atoms with Crippen LogP contribution in [-0.4, -0.2) is 66.9 Å². The molecule has 1 aromatic heterocycles. The quantitative estimate of drug-likeness (QED) is 0.362. The van der Waals surface area contributed by atoms with Crippen molar-refractivity contribution in [3.63, 3.8) is 0 Å². The van der Waals surface area contributed by atoms with Crippen molar-refractivity contribution >= 4 is 11.9 Å². The van der Waals surface area contributed by atoms with E-state index in [4.69, 9.17) is 4.74 Å². The Morgan fingerprint density at radius 3 is 2.86 bits per heavy atom. The number of aliphatic imine (C=N–C) groups is 1. The Kier molecular flexibility index (Phi) is 9.17. The SMILES string of the molecule is CCOCCCNC(=NCC(=O)N(C)C)NC(C)c1cccc(-n2cccn2)c1. The maximum absolute atomic E-state index is 11.9. The second-order valence-electron chi connectivity index (χ2n) is 6.84. The van der Waals surface area contributed by atoms with Crippen LogP contribution in [0.3, 0.4) is 0 Å². The number of rotatable bonds is 10. The molecule has 0 saturated heterocycles. The zero-order valence-electron chi connectivity index (χ0n) is 17.8. The number of likely N-dealkylation sites (N-methyl/N-ethyl adjacent to an activating group) is 1. The van der Waals surface area contributed by atoms with Crippen molar-refractivity contribution in [2.75, 3.05) is 40.4 Å². The number of aromatic nitrogens is 2. The zero-order valence-corrected chi connectivity index (χ0v) is 17.8. The van der Waals surface area contributed by atoms with Crippen LogP contribution in [0, 0.1) is 0 Å². The van der Waals surface area contributed by atoms with E-state index in [-0.39, 0.29) is 18.5 Å². The van der Waals surface area contributed by atoms with Crippen molar-refractivity contribution in [1.82, 2.24) is 25.3 Å². The van der Waals surface area contributed by atoms with Crippen LogP contribution in [-0.2, 0) is 9.53 Å². The summed E-state index contributed by atoms with van der Waals surface area (Å²) in [6.07, 6.45) is 4.53. The van der Waals surface area contributed by atoms with Gasteiger partial charge in [0.2, 0.25) is 5.91 Å². The van der Waals surface area contributed by atoms with Crippen LogP contribution in [0.25, 0.3) is 5.69 Å².